The van der Waals surface area contributed by atoms with Crippen LogP contribution in [0.5, 0.6) is 0 Å². The first kappa shape index (κ1) is 14.5. The largest absolute Gasteiger partial charge is 0.336 e. The van der Waals surface area contributed by atoms with E-state index in [4.69, 9.17) is 0 Å². The predicted molar refractivity (Wildman–Crippen MR) is 81.5 cm³/mol. The maximum absolute atomic E-state index is 12.5. The van der Waals surface area contributed by atoms with Gasteiger partial charge >= 0.3 is 0 Å². The zero-order valence-electron chi connectivity index (χ0n) is 11.7. The van der Waals surface area contributed by atoms with Gasteiger partial charge in [-0.1, -0.05) is 22.9 Å². The van der Waals surface area contributed by atoms with E-state index in [9.17, 15) is 4.79 Å². The van der Waals surface area contributed by atoms with Crippen LogP contribution in [0.2, 0.25) is 0 Å². The fourth-order valence-corrected chi connectivity index (χ4v) is 3.14. The second-order valence-electron chi connectivity index (χ2n) is 5.15. The van der Waals surface area contributed by atoms with Gasteiger partial charge in [0.1, 0.15) is 0 Å². The first-order chi connectivity index (χ1) is 9.10. The first-order valence-corrected chi connectivity index (χ1v) is 7.68. The molecule has 1 heterocycles. The van der Waals surface area contributed by atoms with E-state index in [2.05, 4.69) is 27.8 Å². The van der Waals surface area contributed by atoms with Gasteiger partial charge in [-0.2, -0.15) is 0 Å². The summed E-state index contributed by atoms with van der Waals surface area (Å²) in [5.41, 5.74) is 1.90. The zero-order chi connectivity index (χ0) is 13.8. The van der Waals surface area contributed by atoms with Gasteiger partial charge in [0.15, 0.2) is 0 Å². The van der Waals surface area contributed by atoms with Crippen molar-refractivity contribution < 1.29 is 4.79 Å². The van der Waals surface area contributed by atoms with Crippen molar-refractivity contribution in [1.29, 1.82) is 0 Å². The Balaban J connectivity index is 2.01. The van der Waals surface area contributed by atoms with Gasteiger partial charge in [0, 0.05) is 36.2 Å². The molecule has 0 spiro atoms. The number of hydrogen-bond donors (Lipinski definition) is 0. The Morgan fingerprint density at radius 1 is 1.21 bits per heavy atom. The molecule has 19 heavy (non-hydrogen) atoms. The van der Waals surface area contributed by atoms with E-state index in [-0.39, 0.29) is 5.91 Å². The standard InChI is InChI=1S/C15H21BrN2O/c1-3-4-17-5-7-18(8-6-17)15(19)13-9-12(2)10-14(16)11-13/h9-11H,3-8H2,1-2H3. The molecule has 0 aliphatic carbocycles. The molecule has 1 aromatic rings. The number of nitrogens with zero attached hydrogens (tertiary/aromatic N) is 2. The molecule has 1 aromatic carbocycles. The zero-order valence-corrected chi connectivity index (χ0v) is 13.2. The second kappa shape index (κ2) is 6.53. The molecule has 1 fully saturated rings. The third-order valence-electron chi connectivity index (χ3n) is 3.49. The quantitative estimate of drug-likeness (QED) is 0.853. The van der Waals surface area contributed by atoms with E-state index in [1.54, 1.807) is 0 Å². The molecule has 3 nitrogen and oxygen atoms in total. The number of carbonyl (C=O) groups excluding carboxylic acids is 1. The lowest BCUT2D eigenvalue weighted by Crippen LogP contribution is -2.48. The van der Waals surface area contributed by atoms with Crippen LogP contribution < -0.4 is 0 Å². The Bertz CT molecular complexity index is 433. The van der Waals surface area contributed by atoms with Crippen molar-refractivity contribution in [2.75, 3.05) is 32.7 Å². The van der Waals surface area contributed by atoms with Crippen molar-refractivity contribution in [3.63, 3.8) is 0 Å². The summed E-state index contributed by atoms with van der Waals surface area (Å²) in [6.45, 7) is 9.01. The average Bonchev–Trinajstić information content (AvgIpc) is 2.38. The van der Waals surface area contributed by atoms with Crippen LogP contribution in [0.25, 0.3) is 0 Å². The van der Waals surface area contributed by atoms with Crippen LogP contribution in [0.3, 0.4) is 0 Å². The summed E-state index contributed by atoms with van der Waals surface area (Å²) in [6.07, 6.45) is 1.18. The Morgan fingerprint density at radius 2 is 1.89 bits per heavy atom. The molecule has 0 bridgehead atoms. The van der Waals surface area contributed by atoms with Crippen molar-refractivity contribution in [2.45, 2.75) is 20.3 Å². The van der Waals surface area contributed by atoms with Gasteiger partial charge in [-0.15, -0.1) is 0 Å². The maximum Gasteiger partial charge on any atom is 0.253 e. The molecule has 0 atom stereocenters. The van der Waals surface area contributed by atoms with Gasteiger partial charge in [0.2, 0.25) is 0 Å². The van der Waals surface area contributed by atoms with Crippen molar-refractivity contribution in [3.05, 3.63) is 33.8 Å². The Kier molecular flexibility index (Phi) is 4.99. The average molecular weight is 325 g/mol. The summed E-state index contributed by atoms with van der Waals surface area (Å²) in [7, 11) is 0. The number of piperazine rings is 1. The molecule has 0 aromatic heterocycles. The smallest absolute Gasteiger partial charge is 0.253 e. The highest BCUT2D eigenvalue weighted by atomic mass is 79.9. The van der Waals surface area contributed by atoms with Gasteiger partial charge < -0.3 is 4.90 Å². The molecule has 0 saturated carbocycles. The van der Waals surface area contributed by atoms with E-state index in [0.29, 0.717) is 0 Å². The van der Waals surface area contributed by atoms with Gasteiger partial charge in [0.05, 0.1) is 0 Å². The third-order valence-corrected chi connectivity index (χ3v) is 3.95. The first-order valence-electron chi connectivity index (χ1n) is 6.89. The highest BCUT2D eigenvalue weighted by molar-refractivity contribution is 9.10. The number of carbonyl (C=O) groups is 1. The van der Waals surface area contributed by atoms with E-state index >= 15 is 0 Å². The topological polar surface area (TPSA) is 23.6 Å². The lowest BCUT2D eigenvalue weighted by atomic mass is 10.1. The Hall–Kier alpha value is -0.870. The van der Waals surface area contributed by atoms with E-state index in [1.807, 2.05) is 30.0 Å². The highest BCUT2D eigenvalue weighted by Crippen LogP contribution is 2.17. The molecule has 104 valence electrons. The minimum absolute atomic E-state index is 0.153. The summed E-state index contributed by atoms with van der Waals surface area (Å²) in [4.78, 5) is 16.8. The van der Waals surface area contributed by atoms with Crippen molar-refractivity contribution >= 4 is 21.8 Å². The van der Waals surface area contributed by atoms with E-state index < -0.39 is 0 Å². The van der Waals surface area contributed by atoms with Crippen LogP contribution in [-0.4, -0.2) is 48.4 Å². The van der Waals surface area contributed by atoms with Gasteiger partial charge in [0.25, 0.3) is 5.91 Å². The monoisotopic (exact) mass is 324 g/mol. The number of halogens is 1. The van der Waals surface area contributed by atoms with Crippen LogP contribution in [0, 0.1) is 6.92 Å². The molecule has 0 unspecified atom stereocenters. The number of amides is 1. The van der Waals surface area contributed by atoms with E-state index in [0.717, 1.165) is 48.3 Å². The van der Waals surface area contributed by atoms with E-state index in [1.165, 1.54) is 6.42 Å². The minimum atomic E-state index is 0.153. The lowest BCUT2D eigenvalue weighted by molar-refractivity contribution is 0.0637. The van der Waals surface area contributed by atoms with Crippen LogP contribution in [0.4, 0.5) is 0 Å². The van der Waals surface area contributed by atoms with Crippen LogP contribution in [0.15, 0.2) is 22.7 Å². The Labute approximate surface area is 123 Å². The van der Waals surface area contributed by atoms with Crippen LogP contribution in [0.1, 0.15) is 29.3 Å². The number of rotatable bonds is 3. The summed E-state index contributed by atoms with van der Waals surface area (Å²) in [6, 6.07) is 5.90. The third kappa shape index (κ3) is 3.80. The van der Waals surface area contributed by atoms with Gasteiger partial charge in [-0.25, -0.2) is 0 Å². The Morgan fingerprint density at radius 3 is 2.47 bits per heavy atom. The molecule has 0 radical (unpaired) electrons. The molecule has 1 aliphatic rings. The lowest BCUT2D eigenvalue weighted by Gasteiger charge is -2.34. The summed E-state index contributed by atoms with van der Waals surface area (Å²) < 4.78 is 0.973. The van der Waals surface area contributed by atoms with Gasteiger partial charge in [-0.05, 0) is 43.7 Å². The number of aryl methyl sites for hydroxylation is 1. The molecular formula is C15H21BrN2O. The fraction of sp³-hybridized carbons (Fsp3) is 0.533. The maximum atomic E-state index is 12.5. The van der Waals surface area contributed by atoms with Crippen molar-refractivity contribution in [1.82, 2.24) is 9.80 Å². The molecule has 4 heteroatoms. The summed E-state index contributed by atoms with van der Waals surface area (Å²) in [5, 5.41) is 0. The molecule has 0 N–H and O–H groups in total. The van der Waals surface area contributed by atoms with Crippen LogP contribution in [-0.2, 0) is 0 Å². The number of hydrogen-bond acceptors (Lipinski definition) is 2. The normalized spacial score (nSPS) is 16.7. The van der Waals surface area contributed by atoms with Crippen molar-refractivity contribution in [3.8, 4) is 0 Å². The van der Waals surface area contributed by atoms with Gasteiger partial charge in [-0.3, -0.25) is 9.69 Å². The fourth-order valence-electron chi connectivity index (χ4n) is 2.53. The van der Waals surface area contributed by atoms with Crippen molar-refractivity contribution in [2.24, 2.45) is 0 Å². The summed E-state index contributed by atoms with van der Waals surface area (Å²) >= 11 is 3.46. The molecule has 1 amide bonds. The predicted octanol–water partition coefficient (Wildman–Crippen LogP) is 2.93. The minimum Gasteiger partial charge on any atom is -0.336 e. The SMILES string of the molecule is CCCN1CCN(C(=O)c2cc(C)cc(Br)c2)CC1. The second-order valence-corrected chi connectivity index (χ2v) is 6.07. The highest BCUT2D eigenvalue weighted by Gasteiger charge is 2.21. The molecular weight excluding hydrogens is 304 g/mol. The molecule has 1 aliphatic heterocycles. The number of benzene rings is 1. The summed E-state index contributed by atoms with van der Waals surface area (Å²) in [5.74, 6) is 0.153. The molecule has 2 rings (SSSR count). The molecule has 1 saturated heterocycles. The van der Waals surface area contributed by atoms with Crippen LogP contribution >= 0.6 is 15.9 Å².